The highest BCUT2D eigenvalue weighted by Crippen LogP contribution is 2.23. The van der Waals surface area contributed by atoms with E-state index in [1.54, 1.807) is 7.11 Å². The lowest BCUT2D eigenvalue weighted by atomic mass is 9.94. The lowest BCUT2D eigenvalue weighted by molar-refractivity contribution is -0.192. The largest absolute Gasteiger partial charge is 0.490 e. The number of rotatable bonds is 76. The first-order chi connectivity index (χ1) is 48.6. The predicted molar refractivity (Wildman–Crippen MR) is 386 cm³/mol. The summed E-state index contributed by atoms with van der Waals surface area (Å²) in [7, 11) is 1.59. The van der Waals surface area contributed by atoms with Crippen molar-refractivity contribution in [3.05, 3.63) is 0 Å². The van der Waals surface area contributed by atoms with Crippen LogP contribution in [0.25, 0.3) is 0 Å². The molecule has 0 aliphatic heterocycles. The van der Waals surface area contributed by atoms with Crippen molar-refractivity contribution < 1.29 is 99.2 Å². The number of carbonyl (C=O) groups excluding carboxylic acids is 5. The summed E-state index contributed by atoms with van der Waals surface area (Å²) >= 11 is 0. The molecule has 3 atom stereocenters. The number of unbranched alkanes of at least 4 members (excludes halogenated alkanes) is 27. The van der Waals surface area contributed by atoms with Crippen molar-refractivity contribution in [3.63, 3.8) is 0 Å². The van der Waals surface area contributed by atoms with E-state index in [1.165, 1.54) is 122 Å². The quantitative estimate of drug-likeness (QED) is 0.0291. The van der Waals surface area contributed by atoms with Crippen LogP contribution in [0.4, 0.5) is 13.2 Å². The summed E-state index contributed by atoms with van der Waals surface area (Å²) in [6, 6.07) is 0. The van der Waals surface area contributed by atoms with Gasteiger partial charge in [-0.25, -0.2) is 4.79 Å². The normalized spacial score (nSPS) is 12.4. The highest BCUT2D eigenvalue weighted by molar-refractivity contribution is 5.81. The van der Waals surface area contributed by atoms with Gasteiger partial charge in [0.1, 0.15) is 13.2 Å². The number of amides is 1. The Balaban J connectivity index is 0. The molecule has 0 aromatic heterocycles. The van der Waals surface area contributed by atoms with Crippen molar-refractivity contribution in [3.8, 4) is 0 Å². The molecule has 0 saturated carbocycles. The minimum absolute atomic E-state index is 0.00308. The van der Waals surface area contributed by atoms with Crippen molar-refractivity contribution in [1.82, 2.24) is 15.5 Å². The van der Waals surface area contributed by atoms with Crippen LogP contribution in [0.5, 0.6) is 0 Å². The Labute approximate surface area is 602 Å². The molecular formula is C76H144F3N3O18. The highest BCUT2D eigenvalue weighted by Gasteiger charge is 2.38. The number of hydrogen-bond acceptors (Lipinski definition) is 19. The van der Waals surface area contributed by atoms with E-state index < -0.39 is 24.2 Å². The van der Waals surface area contributed by atoms with Crippen LogP contribution >= 0.6 is 0 Å². The van der Waals surface area contributed by atoms with Gasteiger partial charge in [0.15, 0.2) is 6.10 Å². The van der Waals surface area contributed by atoms with E-state index in [1.807, 2.05) is 4.90 Å². The zero-order chi connectivity index (χ0) is 73.9. The lowest BCUT2D eigenvalue weighted by Crippen LogP contribution is -2.45. The maximum atomic E-state index is 14.5. The van der Waals surface area contributed by atoms with Gasteiger partial charge in [-0.05, 0) is 70.6 Å². The number of halogens is 3. The fourth-order valence-electron chi connectivity index (χ4n) is 10.8. The van der Waals surface area contributed by atoms with Gasteiger partial charge >= 0.3 is 36.0 Å². The van der Waals surface area contributed by atoms with Gasteiger partial charge in [0.2, 0.25) is 0 Å². The fraction of sp³-hybridized carbons (Fsp3) is 0.921. The molecule has 0 saturated heterocycles. The second-order valence-electron chi connectivity index (χ2n) is 25.9. The third kappa shape index (κ3) is 68.7. The summed E-state index contributed by atoms with van der Waals surface area (Å²) in [4.78, 5) is 75.4. The minimum Gasteiger partial charge on any atom is -0.475 e. The maximum absolute atomic E-state index is 14.5. The second-order valence-corrected chi connectivity index (χ2v) is 25.9. The van der Waals surface area contributed by atoms with E-state index in [-0.39, 0.29) is 75.2 Å². The van der Waals surface area contributed by atoms with Crippen molar-refractivity contribution in [2.24, 2.45) is 11.8 Å². The molecule has 0 aliphatic rings. The number of carboxylic acid groups (broad SMARTS) is 1. The van der Waals surface area contributed by atoms with Crippen molar-refractivity contribution in [2.45, 2.75) is 291 Å². The molecular weight excluding hydrogens is 1300 g/mol. The molecule has 0 aliphatic carbocycles. The zero-order valence-electron chi connectivity index (χ0n) is 63.6. The Morgan fingerprint density at radius 3 is 1.13 bits per heavy atom. The van der Waals surface area contributed by atoms with E-state index in [2.05, 4.69) is 45.3 Å². The van der Waals surface area contributed by atoms with Crippen molar-refractivity contribution in [2.75, 3.05) is 152 Å². The molecule has 0 spiro atoms. The Morgan fingerprint density at radius 2 is 0.710 bits per heavy atom. The molecule has 0 radical (unpaired) electrons. The summed E-state index contributed by atoms with van der Waals surface area (Å²) < 4.78 is 94.2. The van der Waals surface area contributed by atoms with Gasteiger partial charge in [-0.15, -0.1) is 0 Å². The average molecular weight is 1440 g/mol. The lowest BCUT2D eigenvalue weighted by Gasteiger charge is -2.28. The summed E-state index contributed by atoms with van der Waals surface area (Å²) in [5.74, 6) is -3.65. The number of nitrogens with zero attached hydrogens (tertiary/aromatic N) is 1. The van der Waals surface area contributed by atoms with E-state index in [4.69, 9.17) is 62.0 Å². The predicted octanol–water partition coefficient (Wildman–Crippen LogP) is 15.1. The molecule has 3 unspecified atom stereocenters. The first-order valence-electron chi connectivity index (χ1n) is 39.3. The number of methoxy groups -OCH3 is 1. The number of hydrogen-bond donors (Lipinski definition) is 3. The van der Waals surface area contributed by atoms with Gasteiger partial charge in [-0.2, -0.15) is 13.2 Å². The van der Waals surface area contributed by atoms with E-state index in [0.717, 1.165) is 122 Å². The van der Waals surface area contributed by atoms with Crippen LogP contribution in [-0.4, -0.2) is 210 Å². The number of nitrogens with one attached hydrogen (secondary N) is 2. The summed E-state index contributed by atoms with van der Waals surface area (Å²) in [6.45, 7) is 18.8. The first kappa shape index (κ1) is 98.3. The van der Waals surface area contributed by atoms with Crippen LogP contribution in [-0.2, 0) is 80.9 Å². The molecule has 0 bridgehead atoms. The van der Waals surface area contributed by atoms with Crippen LogP contribution in [0.2, 0.25) is 0 Å². The summed E-state index contributed by atoms with van der Waals surface area (Å²) in [5, 5.41) is 12.9. The van der Waals surface area contributed by atoms with Crippen LogP contribution in [0, 0.1) is 11.8 Å². The monoisotopic (exact) mass is 1440 g/mol. The van der Waals surface area contributed by atoms with Crippen molar-refractivity contribution in [1.29, 1.82) is 0 Å². The van der Waals surface area contributed by atoms with Gasteiger partial charge in [0, 0.05) is 46.5 Å². The molecule has 0 heterocycles. The minimum atomic E-state index is -5.08. The van der Waals surface area contributed by atoms with Gasteiger partial charge in [-0.1, -0.05) is 208 Å². The second kappa shape index (κ2) is 76.4. The molecule has 0 fully saturated rings. The van der Waals surface area contributed by atoms with Gasteiger partial charge in [0.25, 0.3) is 5.91 Å². The van der Waals surface area contributed by atoms with E-state index in [0.29, 0.717) is 105 Å². The molecule has 100 heavy (non-hydrogen) atoms. The zero-order valence-corrected chi connectivity index (χ0v) is 63.6. The molecule has 0 aromatic rings. The van der Waals surface area contributed by atoms with E-state index >= 15 is 0 Å². The molecule has 592 valence electrons. The van der Waals surface area contributed by atoms with E-state index in [9.17, 15) is 37.1 Å². The number of alkyl halides is 3. The Kier molecular flexibility index (Phi) is 75.1. The van der Waals surface area contributed by atoms with Crippen LogP contribution in [0.15, 0.2) is 0 Å². The standard InChI is InChI=1S/C74H143N3O16.C2HF3O2/c1-7-12-17-22-25-34-43-67(41-32-20-15-10-4)73(81)92-51-39-29-28-37-49-88-66-69(89-50-38-30-31-40-52-93-74(82)68(42-33-21-16-11-5)44-35-26-23-18-13-8-2)72(80)77(47-36-27-24-19-14-9-3)48-55-84-56-57-85-58-59-86-60-61-87-62-63-91-71(79)65-76-46-54-90-70(78)64-75-45-53-83-6;3-2(4,5)1(6)7/h67-69,75-76H,7-66H2,1-6H3;(H,6,7). The molecule has 3 N–H and O–H groups in total. The molecule has 0 rings (SSSR count). The number of esters is 4. The maximum Gasteiger partial charge on any atom is 0.490 e. The van der Waals surface area contributed by atoms with Crippen LogP contribution in [0.1, 0.15) is 279 Å². The smallest absolute Gasteiger partial charge is 0.475 e. The Bertz CT molecular complexity index is 1850. The van der Waals surface area contributed by atoms with Crippen molar-refractivity contribution >= 4 is 35.8 Å². The number of carboxylic acids is 1. The topological polar surface area (TPSA) is 251 Å². The highest BCUT2D eigenvalue weighted by atomic mass is 19.4. The summed E-state index contributed by atoms with van der Waals surface area (Å²) in [6.07, 6.45) is 35.5. The third-order valence-corrected chi connectivity index (χ3v) is 16.9. The molecule has 24 heteroatoms. The molecule has 0 aromatic carbocycles. The molecule has 1 amide bonds. The first-order valence-corrected chi connectivity index (χ1v) is 39.3. The Morgan fingerprint density at radius 1 is 0.370 bits per heavy atom. The SMILES string of the molecule is CCCCCCCCC(CCCCCC)C(=O)OCCCCCCOCC(OCCCCCCOC(=O)C(CCCCCC)CCCCCCCC)C(=O)N(CCCCCCCC)CCOCCOCCOCCOCCOC(=O)CNCCOC(=O)CNCCOC.O=C(O)C(F)(F)F. The fourth-order valence-corrected chi connectivity index (χ4v) is 10.8. The molecule has 21 nitrogen and oxygen atoms in total. The Hall–Kier alpha value is -3.75. The summed E-state index contributed by atoms with van der Waals surface area (Å²) in [5.41, 5.74) is 0. The third-order valence-electron chi connectivity index (χ3n) is 16.9. The van der Waals surface area contributed by atoms with Gasteiger partial charge in [-0.3, -0.25) is 24.0 Å². The van der Waals surface area contributed by atoms with Crippen LogP contribution in [0.3, 0.4) is 0 Å². The average Bonchev–Trinajstić information content (AvgIpc) is 1.20. The number of ether oxygens (including phenoxy) is 11. The number of carbonyl (C=O) groups is 6. The number of aliphatic carboxylic acids is 1. The van der Waals surface area contributed by atoms with Gasteiger partial charge < -0.3 is 72.7 Å². The van der Waals surface area contributed by atoms with Crippen LogP contribution < -0.4 is 10.6 Å². The van der Waals surface area contributed by atoms with Gasteiger partial charge in [0.05, 0.1) is 104 Å².